The van der Waals surface area contributed by atoms with Crippen LogP contribution in [0.5, 0.6) is 0 Å². The van der Waals surface area contributed by atoms with E-state index in [9.17, 15) is 4.79 Å². The highest BCUT2D eigenvalue weighted by molar-refractivity contribution is 9.10. The second kappa shape index (κ2) is 7.05. The average Bonchev–Trinajstić information content (AvgIpc) is 3.10. The second-order valence-corrected chi connectivity index (χ2v) is 6.55. The molecule has 128 valence electrons. The van der Waals surface area contributed by atoms with Gasteiger partial charge < -0.3 is 5.32 Å². The first-order valence-corrected chi connectivity index (χ1v) is 8.78. The quantitative estimate of drug-likeness (QED) is 0.561. The fourth-order valence-corrected chi connectivity index (χ4v) is 3.11. The predicted molar refractivity (Wildman–Crippen MR) is 102 cm³/mol. The summed E-state index contributed by atoms with van der Waals surface area (Å²) in [6, 6.07) is 15.1. The highest BCUT2D eigenvalue weighted by Gasteiger charge is 2.13. The molecule has 0 bridgehead atoms. The van der Waals surface area contributed by atoms with Crippen LogP contribution in [-0.2, 0) is 6.54 Å². The summed E-state index contributed by atoms with van der Waals surface area (Å²) in [4.78, 5) is 16.4. The van der Waals surface area contributed by atoms with Gasteiger partial charge in [-0.1, -0.05) is 40.2 Å². The number of hydrogen-bond donors (Lipinski definition) is 1. The largest absolute Gasteiger partial charge is 0.348 e. The number of hydrogen-bond acceptors (Lipinski definition) is 4. The van der Waals surface area contributed by atoms with Crippen molar-refractivity contribution in [2.75, 3.05) is 0 Å². The molecule has 6 nitrogen and oxygen atoms in total. The van der Waals surface area contributed by atoms with E-state index >= 15 is 0 Å². The molecule has 1 N–H and O–H groups in total. The molecule has 4 rings (SSSR count). The van der Waals surface area contributed by atoms with Crippen LogP contribution < -0.4 is 5.32 Å². The normalized spacial score (nSPS) is 10.8. The first-order chi connectivity index (χ1) is 12.7. The third-order valence-corrected chi connectivity index (χ3v) is 4.65. The third kappa shape index (κ3) is 3.21. The Balaban J connectivity index is 1.59. The summed E-state index contributed by atoms with van der Waals surface area (Å²) in [6.07, 6.45) is 5.24. The Morgan fingerprint density at radius 1 is 1.12 bits per heavy atom. The van der Waals surface area contributed by atoms with Crippen molar-refractivity contribution >= 4 is 27.5 Å². The molecule has 0 fully saturated rings. The molecule has 0 radical (unpaired) electrons. The number of halogens is 1. The highest BCUT2D eigenvalue weighted by atomic mass is 79.9. The Bertz CT molecular complexity index is 1080. The van der Waals surface area contributed by atoms with Crippen LogP contribution in [-0.4, -0.2) is 25.5 Å². The van der Waals surface area contributed by atoms with Crippen LogP contribution in [0.2, 0.25) is 0 Å². The van der Waals surface area contributed by atoms with E-state index in [-0.39, 0.29) is 5.91 Å². The van der Waals surface area contributed by atoms with E-state index in [1.54, 1.807) is 24.5 Å². The van der Waals surface area contributed by atoms with Crippen LogP contribution in [0, 0.1) is 0 Å². The zero-order chi connectivity index (χ0) is 17.9. The van der Waals surface area contributed by atoms with E-state index in [2.05, 4.69) is 36.4 Å². The molecule has 4 aromatic rings. The first-order valence-electron chi connectivity index (χ1n) is 7.99. The van der Waals surface area contributed by atoms with Crippen molar-refractivity contribution in [3.63, 3.8) is 0 Å². The molecule has 0 unspecified atom stereocenters. The SMILES string of the molecule is O=C(NCc1cccnc1)c1ccn2c(-c3ccccc3Br)nnc2c1. The minimum absolute atomic E-state index is 0.165. The summed E-state index contributed by atoms with van der Waals surface area (Å²) in [5.41, 5.74) is 3.03. The number of carbonyl (C=O) groups excluding carboxylic acids is 1. The molecule has 0 aliphatic heterocycles. The van der Waals surface area contributed by atoms with Gasteiger partial charge >= 0.3 is 0 Å². The van der Waals surface area contributed by atoms with Gasteiger partial charge in [-0.05, 0) is 29.8 Å². The van der Waals surface area contributed by atoms with E-state index in [0.717, 1.165) is 21.4 Å². The van der Waals surface area contributed by atoms with E-state index in [4.69, 9.17) is 0 Å². The van der Waals surface area contributed by atoms with Gasteiger partial charge in [0.2, 0.25) is 0 Å². The maximum atomic E-state index is 12.4. The number of aromatic nitrogens is 4. The van der Waals surface area contributed by atoms with Gasteiger partial charge in [0.25, 0.3) is 5.91 Å². The molecule has 0 saturated carbocycles. The molecule has 3 aromatic heterocycles. The van der Waals surface area contributed by atoms with Crippen LogP contribution in [0.1, 0.15) is 15.9 Å². The molecular formula is C19H14BrN5O. The van der Waals surface area contributed by atoms with Gasteiger partial charge in [0.05, 0.1) is 0 Å². The number of pyridine rings is 2. The van der Waals surface area contributed by atoms with E-state index < -0.39 is 0 Å². The van der Waals surface area contributed by atoms with Crippen molar-refractivity contribution in [1.29, 1.82) is 0 Å². The van der Waals surface area contributed by atoms with Crippen LogP contribution in [0.3, 0.4) is 0 Å². The molecule has 0 saturated heterocycles. The van der Waals surface area contributed by atoms with Gasteiger partial charge in [-0.15, -0.1) is 10.2 Å². The lowest BCUT2D eigenvalue weighted by Gasteiger charge is -2.06. The van der Waals surface area contributed by atoms with E-state index in [0.29, 0.717) is 17.8 Å². The summed E-state index contributed by atoms with van der Waals surface area (Å²) in [5.74, 6) is 0.552. The lowest BCUT2D eigenvalue weighted by molar-refractivity contribution is 0.0951. The smallest absolute Gasteiger partial charge is 0.251 e. The van der Waals surface area contributed by atoms with Gasteiger partial charge in [0.15, 0.2) is 11.5 Å². The van der Waals surface area contributed by atoms with E-state index in [1.807, 2.05) is 47.0 Å². The molecule has 26 heavy (non-hydrogen) atoms. The van der Waals surface area contributed by atoms with Gasteiger partial charge in [-0.25, -0.2) is 0 Å². The van der Waals surface area contributed by atoms with Gasteiger partial charge in [0, 0.05) is 40.7 Å². The van der Waals surface area contributed by atoms with Gasteiger partial charge in [-0.2, -0.15) is 0 Å². The lowest BCUT2D eigenvalue weighted by Crippen LogP contribution is -2.22. The van der Waals surface area contributed by atoms with Crippen molar-refractivity contribution in [3.05, 3.63) is 82.7 Å². The van der Waals surface area contributed by atoms with Crippen molar-refractivity contribution < 1.29 is 4.79 Å². The minimum atomic E-state index is -0.165. The molecule has 7 heteroatoms. The Labute approximate surface area is 158 Å². The molecule has 0 aliphatic rings. The topological polar surface area (TPSA) is 72.2 Å². The van der Waals surface area contributed by atoms with Gasteiger partial charge in [0.1, 0.15) is 0 Å². The first kappa shape index (κ1) is 16.4. The Hall–Kier alpha value is -3.06. The lowest BCUT2D eigenvalue weighted by atomic mass is 10.2. The molecule has 0 atom stereocenters. The maximum Gasteiger partial charge on any atom is 0.251 e. The van der Waals surface area contributed by atoms with Gasteiger partial charge in [-0.3, -0.25) is 14.2 Å². The Morgan fingerprint density at radius 2 is 2.00 bits per heavy atom. The predicted octanol–water partition coefficient (Wildman–Crippen LogP) is 3.48. The number of rotatable bonds is 4. The summed E-state index contributed by atoms with van der Waals surface area (Å²) in [7, 11) is 0. The molecule has 0 aliphatic carbocycles. The molecule has 3 heterocycles. The molecule has 1 amide bonds. The number of benzene rings is 1. The highest BCUT2D eigenvalue weighted by Crippen LogP contribution is 2.26. The summed E-state index contributed by atoms with van der Waals surface area (Å²) < 4.78 is 2.80. The van der Waals surface area contributed by atoms with Crippen molar-refractivity contribution in [3.8, 4) is 11.4 Å². The van der Waals surface area contributed by atoms with Crippen LogP contribution in [0.4, 0.5) is 0 Å². The minimum Gasteiger partial charge on any atom is -0.348 e. The molecule has 0 spiro atoms. The number of carbonyl (C=O) groups is 1. The molecule has 1 aromatic carbocycles. The second-order valence-electron chi connectivity index (χ2n) is 5.69. The maximum absolute atomic E-state index is 12.4. The van der Waals surface area contributed by atoms with Crippen LogP contribution >= 0.6 is 15.9 Å². The average molecular weight is 408 g/mol. The summed E-state index contributed by atoms with van der Waals surface area (Å²) >= 11 is 3.53. The Kier molecular flexibility index (Phi) is 4.45. The molecular weight excluding hydrogens is 394 g/mol. The summed E-state index contributed by atoms with van der Waals surface area (Å²) in [5, 5.41) is 11.3. The zero-order valence-corrected chi connectivity index (χ0v) is 15.2. The number of fused-ring (bicyclic) bond motifs is 1. The standard InChI is InChI=1S/C19H14BrN5O/c20-16-6-2-1-5-15(16)18-24-23-17-10-14(7-9-25(17)18)19(26)22-12-13-4-3-8-21-11-13/h1-11H,12H2,(H,22,26). The summed E-state index contributed by atoms with van der Waals surface area (Å²) in [6.45, 7) is 0.423. The number of amides is 1. The fourth-order valence-electron chi connectivity index (χ4n) is 2.65. The van der Waals surface area contributed by atoms with Crippen molar-refractivity contribution in [2.45, 2.75) is 6.54 Å². The fraction of sp³-hybridized carbons (Fsp3) is 0.0526. The Morgan fingerprint density at radius 3 is 2.81 bits per heavy atom. The monoisotopic (exact) mass is 407 g/mol. The van der Waals surface area contributed by atoms with Crippen molar-refractivity contribution in [1.82, 2.24) is 24.9 Å². The third-order valence-electron chi connectivity index (χ3n) is 3.96. The number of nitrogens with one attached hydrogen (secondary N) is 1. The van der Waals surface area contributed by atoms with Crippen LogP contribution in [0.15, 0.2) is 71.6 Å². The van der Waals surface area contributed by atoms with E-state index in [1.165, 1.54) is 0 Å². The van der Waals surface area contributed by atoms with Crippen LogP contribution in [0.25, 0.3) is 17.0 Å². The number of nitrogens with zero attached hydrogens (tertiary/aromatic N) is 4. The van der Waals surface area contributed by atoms with Crippen molar-refractivity contribution in [2.24, 2.45) is 0 Å². The zero-order valence-electron chi connectivity index (χ0n) is 13.6.